The summed E-state index contributed by atoms with van der Waals surface area (Å²) < 4.78 is 0. The van der Waals surface area contributed by atoms with Gasteiger partial charge in [-0.15, -0.1) is 0 Å². The molecule has 0 bridgehead atoms. The summed E-state index contributed by atoms with van der Waals surface area (Å²) in [6.07, 6.45) is 5.22. The molecule has 0 heterocycles. The van der Waals surface area contributed by atoms with Gasteiger partial charge in [-0.05, 0) is 31.6 Å². The van der Waals surface area contributed by atoms with Gasteiger partial charge in [0.1, 0.15) is 0 Å². The van der Waals surface area contributed by atoms with Crippen LogP contribution in [0.15, 0.2) is 4.99 Å². The monoisotopic (exact) mass is 153 g/mol. The molecule has 0 atom stereocenters. The number of hydrogen-bond acceptors (Lipinski definition) is 1. The van der Waals surface area contributed by atoms with Crippen LogP contribution in [0.2, 0.25) is 0 Å². The van der Waals surface area contributed by atoms with Crippen LogP contribution in [0.3, 0.4) is 0 Å². The van der Waals surface area contributed by atoms with Gasteiger partial charge in [-0.1, -0.05) is 0 Å². The summed E-state index contributed by atoms with van der Waals surface area (Å²) in [7, 11) is 0. The summed E-state index contributed by atoms with van der Waals surface area (Å²) in [5, 5.41) is 3.16. The van der Waals surface area contributed by atoms with Gasteiger partial charge in [0.2, 0.25) is 0 Å². The highest BCUT2D eigenvalue weighted by Crippen LogP contribution is 2.28. The quantitative estimate of drug-likeness (QED) is 0.457. The lowest BCUT2D eigenvalue weighted by Gasteiger charge is -2.01. The summed E-state index contributed by atoms with van der Waals surface area (Å²) in [6.45, 7) is 0.936. The largest absolute Gasteiger partial charge is 0.370 e. The molecular weight excluding hydrogens is 138 g/mol. The van der Waals surface area contributed by atoms with Gasteiger partial charge in [0.05, 0.1) is 0 Å². The van der Waals surface area contributed by atoms with Crippen molar-refractivity contribution < 1.29 is 0 Å². The molecule has 0 spiro atoms. The van der Waals surface area contributed by atoms with Crippen LogP contribution in [0.25, 0.3) is 0 Å². The van der Waals surface area contributed by atoms with Crippen molar-refractivity contribution in [2.75, 3.05) is 6.54 Å². The van der Waals surface area contributed by atoms with Gasteiger partial charge in [0.15, 0.2) is 5.96 Å². The van der Waals surface area contributed by atoms with E-state index in [1.807, 2.05) is 0 Å². The summed E-state index contributed by atoms with van der Waals surface area (Å²) in [5.41, 5.74) is 5.63. The normalized spacial score (nSPS) is 25.3. The molecule has 2 rings (SSSR count). The SMILES string of the molecule is NC(=NCC1CC1)NC1CC1. The van der Waals surface area contributed by atoms with E-state index in [0.717, 1.165) is 12.5 Å². The molecule has 0 unspecified atom stereocenters. The van der Waals surface area contributed by atoms with Crippen LogP contribution in [0, 0.1) is 5.92 Å². The lowest BCUT2D eigenvalue weighted by Crippen LogP contribution is -2.33. The number of nitrogens with two attached hydrogens (primary N) is 1. The van der Waals surface area contributed by atoms with Crippen molar-refractivity contribution >= 4 is 5.96 Å². The van der Waals surface area contributed by atoms with Gasteiger partial charge >= 0.3 is 0 Å². The highest BCUT2D eigenvalue weighted by Gasteiger charge is 2.23. The second-order valence-electron chi connectivity index (χ2n) is 3.59. The van der Waals surface area contributed by atoms with Crippen molar-refractivity contribution in [3.8, 4) is 0 Å². The van der Waals surface area contributed by atoms with E-state index in [9.17, 15) is 0 Å². The van der Waals surface area contributed by atoms with Crippen LogP contribution in [-0.2, 0) is 0 Å². The zero-order valence-electron chi connectivity index (χ0n) is 6.71. The molecule has 0 saturated heterocycles. The first-order chi connectivity index (χ1) is 5.34. The molecule has 62 valence electrons. The van der Waals surface area contributed by atoms with Crippen LogP contribution >= 0.6 is 0 Å². The van der Waals surface area contributed by atoms with Gasteiger partial charge < -0.3 is 11.1 Å². The van der Waals surface area contributed by atoms with E-state index in [1.54, 1.807) is 0 Å². The average molecular weight is 153 g/mol. The topological polar surface area (TPSA) is 50.4 Å². The third-order valence-electron chi connectivity index (χ3n) is 2.15. The number of aliphatic imine (C=N–C) groups is 1. The Balaban J connectivity index is 1.67. The molecule has 2 aliphatic carbocycles. The van der Waals surface area contributed by atoms with Crippen LogP contribution in [0.5, 0.6) is 0 Å². The molecule has 0 aromatic carbocycles. The highest BCUT2D eigenvalue weighted by atomic mass is 15.1. The van der Waals surface area contributed by atoms with Crippen molar-refractivity contribution in [3.63, 3.8) is 0 Å². The van der Waals surface area contributed by atoms with E-state index in [0.29, 0.717) is 12.0 Å². The van der Waals surface area contributed by atoms with Gasteiger partial charge in [0, 0.05) is 12.6 Å². The maximum Gasteiger partial charge on any atom is 0.188 e. The Kier molecular flexibility index (Phi) is 1.72. The third-order valence-corrected chi connectivity index (χ3v) is 2.15. The molecule has 2 aliphatic rings. The van der Waals surface area contributed by atoms with Crippen LogP contribution in [0.1, 0.15) is 25.7 Å². The van der Waals surface area contributed by atoms with Gasteiger partial charge in [-0.2, -0.15) is 0 Å². The Morgan fingerprint density at radius 1 is 1.36 bits per heavy atom. The Morgan fingerprint density at radius 2 is 2.09 bits per heavy atom. The standard InChI is InChI=1S/C8H15N3/c9-8(11-7-3-4-7)10-5-6-1-2-6/h6-7H,1-5H2,(H3,9,10,11). The summed E-state index contributed by atoms with van der Waals surface area (Å²) in [5.74, 6) is 1.49. The van der Waals surface area contributed by atoms with E-state index >= 15 is 0 Å². The molecule has 2 fully saturated rings. The molecule has 3 heteroatoms. The summed E-state index contributed by atoms with van der Waals surface area (Å²) >= 11 is 0. The Bertz CT molecular complexity index is 168. The highest BCUT2D eigenvalue weighted by molar-refractivity contribution is 5.78. The molecule has 0 aliphatic heterocycles. The molecule has 0 aromatic rings. The van der Waals surface area contributed by atoms with E-state index < -0.39 is 0 Å². The minimum atomic E-state index is 0.637. The third kappa shape index (κ3) is 2.41. The Labute approximate surface area is 67.1 Å². The van der Waals surface area contributed by atoms with Crippen LogP contribution < -0.4 is 11.1 Å². The van der Waals surface area contributed by atoms with Gasteiger partial charge in [-0.3, -0.25) is 4.99 Å². The number of nitrogens with one attached hydrogen (secondary N) is 1. The minimum Gasteiger partial charge on any atom is -0.370 e. The molecule has 0 amide bonds. The smallest absolute Gasteiger partial charge is 0.188 e. The first kappa shape index (κ1) is 6.95. The van der Waals surface area contributed by atoms with E-state index in [-0.39, 0.29) is 0 Å². The molecule has 0 radical (unpaired) electrons. The molecule has 0 aromatic heterocycles. The fourth-order valence-corrected chi connectivity index (χ4v) is 1.01. The minimum absolute atomic E-state index is 0.637. The van der Waals surface area contributed by atoms with E-state index in [1.165, 1.54) is 25.7 Å². The Hall–Kier alpha value is -0.730. The molecular formula is C8H15N3. The van der Waals surface area contributed by atoms with Crippen molar-refractivity contribution in [1.29, 1.82) is 0 Å². The zero-order chi connectivity index (χ0) is 7.68. The molecule has 3 N–H and O–H groups in total. The summed E-state index contributed by atoms with van der Waals surface area (Å²) in [6, 6.07) is 0.637. The Morgan fingerprint density at radius 3 is 2.64 bits per heavy atom. The van der Waals surface area contributed by atoms with Crippen molar-refractivity contribution in [1.82, 2.24) is 5.32 Å². The maximum absolute atomic E-state index is 5.63. The number of rotatable bonds is 3. The number of guanidine groups is 1. The first-order valence-corrected chi connectivity index (χ1v) is 4.41. The van der Waals surface area contributed by atoms with Crippen LogP contribution in [-0.4, -0.2) is 18.5 Å². The lowest BCUT2D eigenvalue weighted by molar-refractivity contribution is 0.819. The second kappa shape index (κ2) is 2.72. The van der Waals surface area contributed by atoms with E-state index in [2.05, 4.69) is 10.3 Å². The first-order valence-electron chi connectivity index (χ1n) is 4.41. The predicted molar refractivity (Wildman–Crippen MR) is 45.4 cm³/mol. The maximum atomic E-state index is 5.63. The number of nitrogens with zero attached hydrogens (tertiary/aromatic N) is 1. The fraction of sp³-hybridized carbons (Fsp3) is 0.875. The zero-order valence-corrected chi connectivity index (χ0v) is 6.71. The molecule has 3 nitrogen and oxygen atoms in total. The van der Waals surface area contributed by atoms with Gasteiger partial charge in [-0.25, -0.2) is 0 Å². The van der Waals surface area contributed by atoms with Crippen molar-refractivity contribution in [2.24, 2.45) is 16.6 Å². The molecule has 2 saturated carbocycles. The van der Waals surface area contributed by atoms with Crippen molar-refractivity contribution in [2.45, 2.75) is 31.7 Å². The second-order valence-corrected chi connectivity index (χ2v) is 3.59. The lowest BCUT2D eigenvalue weighted by atomic mass is 10.4. The predicted octanol–water partition coefficient (Wildman–Crippen LogP) is 0.463. The van der Waals surface area contributed by atoms with Crippen LogP contribution in [0.4, 0.5) is 0 Å². The van der Waals surface area contributed by atoms with Gasteiger partial charge in [0.25, 0.3) is 0 Å². The van der Waals surface area contributed by atoms with Crippen molar-refractivity contribution in [3.05, 3.63) is 0 Å². The fourth-order valence-electron chi connectivity index (χ4n) is 1.01. The average Bonchev–Trinajstić information content (AvgIpc) is 2.80. The summed E-state index contributed by atoms with van der Waals surface area (Å²) in [4.78, 5) is 4.25. The van der Waals surface area contributed by atoms with E-state index in [4.69, 9.17) is 5.73 Å². The number of hydrogen-bond donors (Lipinski definition) is 2. The molecule has 11 heavy (non-hydrogen) atoms.